The van der Waals surface area contributed by atoms with E-state index in [9.17, 15) is 8.78 Å². The van der Waals surface area contributed by atoms with E-state index in [0.717, 1.165) is 37.3 Å². The highest BCUT2D eigenvalue weighted by Crippen LogP contribution is 2.36. The van der Waals surface area contributed by atoms with E-state index in [4.69, 9.17) is 0 Å². The van der Waals surface area contributed by atoms with Gasteiger partial charge in [-0.15, -0.1) is 6.58 Å². The molecular formula is C14H16F2. The van der Waals surface area contributed by atoms with Gasteiger partial charge in [-0.1, -0.05) is 6.08 Å². The molecule has 16 heavy (non-hydrogen) atoms. The highest BCUT2D eigenvalue weighted by molar-refractivity contribution is 5.22. The highest BCUT2D eigenvalue weighted by Gasteiger charge is 2.21. The van der Waals surface area contributed by atoms with Crippen LogP contribution in [-0.2, 0) is 0 Å². The summed E-state index contributed by atoms with van der Waals surface area (Å²) in [5, 5.41) is 0. The number of allylic oxidation sites excluding steroid dienone is 1. The minimum absolute atomic E-state index is 0.307. The molecule has 0 nitrogen and oxygen atoms in total. The molecule has 1 aromatic rings. The van der Waals surface area contributed by atoms with Crippen LogP contribution in [0.2, 0.25) is 0 Å². The summed E-state index contributed by atoms with van der Waals surface area (Å²) in [5.41, 5.74) is 0.806. The third-order valence-electron chi connectivity index (χ3n) is 3.46. The van der Waals surface area contributed by atoms with Crippen LogP contribution in [0.1, 0.15) is 37.2 Å². The Morgan fingerprint density at radius 2 is 1.56 bits per heavy atom. The van der Waals surface area contributed by atoms with Gasteiger partial charge >= 0.3 is 0 Å². The average molecular weight is 222 g/mol. The standard InChI is InChI=1S/C14H16F2/c1-2-10-3-5-11(6-4-10)12-7-13(15)9-14(16)8-12/h2,7-11H,1,3-6H2. The van der Waals surface area contributed by atoms with Gasteiger partial charge in [0.1, 0.15) is 11.6 Å². The molecule has 0 amide bonds. The normalized spacial score (nSPS) is 25.4. The number of rotatable bonds is 2. The van der Waals surface area contributed by atoms with Gasteiger partial charge in [0, 0.05) is 6.07 Å². The van der Waals surface area contributed by atoms with Gasteiger partial charge in [-0.3, -0.25) is 0 Å². The van der Waals surface area contributed by atoms with Crippen molar-refractivity contribution in [2.45, 2.75) is 31.6 Å². The van der Waals surface area contributed by atoms with Crippen LogP contribution in [0.4, 0.5) is 8.78 Å². The lowest BCUT2D eigenvalue weighted by Gasteiger charge is -2.26. The topological polar surface area (TPSA) is 0 Å². The summed E-state index contributed by atoms with van der Waals surface area (Å²) in [6.07, 6.45) is 6.14. The van der Waals surface area contributed by atoms with E-state index in [-0.39, 0.29) is 0 Å². The van der Waals surface area contributed by atoms with Crippen molar-refractivity contribution >= 4 is 0 Å². The lowest BCUT2D eigenvalue weighted by atomic mass is 9.79. The smallest absolute Gasteiger partial charge is 0.126 e. The van der Waals surface area contributed by atoms with E-state index in [1.165, 1.54) is 12.1 Å². The largest absolute Gasteiger partial charge is 0.207 e. The Hall–Kier alpha value is -1.18. The lowest BCUT2D eigenvalue weighted by Crippen LogP contribution is -2.11. The minimum Gasteiger partial charge on any atom is -0.207 e. The molecule has 1 fully saturated rings. The Kier molecular flexibility index (Phi) is 3.37. The third kappa shape index (κ3) is 2.49. The van der Waals surface area contributed by atoms with Gasteiger partial charge in [0.25, 0.3) is 0 Å². The molecule has 2 heteroatoms. The molecule has 0 unspecified atom stereocenters. The maximum atomic E-state index is 13.1. The minimum atomic E-state index is -0.471. The van der Waals surface area contributed by atoms with Crippen LogP contribution in [0.5, 0.6) is 0 Å². The van der Waals surface area contributed by atoms with Crippen LogP contribution in [0.15, 0.2) is 30.9 Å². The maximum absolute atomic E-state index is 13.1. The van der Waals surface area contributed by atoms with Crippen LogP contribution in [0.3, 0.4) is 0 Å². The zero-order chi connectivity index (χ0) is 11.5. The van der Waals surface area contributed by atoms with Gasteiger partial charge in [-0.25, -0.2) is 8.78 Å². The van der Waals surface area contributed by atoms with E-state index >= 15 is 0 Å². The van der Waals surface area contributed by atoms with Crippen molar-refractivity contribution in [3.05, 3.63) is 48.1 Å². The molecule has 1 aromatic carbocycles. The van der Waals surface area contributed by atoms with Crippen molar-refractivity contribution in [1.29, 1.82) is 0 Å². The first-order chi connectivity index (χ1) is 7.69. The SMILES string of the molecule is C=CC1CCC(c2cc(F)cc(F)c2)CC1. The fraction of sp³-hybridized carbons (Fsp3) is 0.429. The summed E-state index contributed by atoms with van der Waals surface area (Å²) in [6, 6.07) is 3.85. The molecule has 0 spiro atoms. The van der Waals surface area contributed by atoms with E-state index < -0.39 is 11.6 Å². The van der Waals surface area contributed by atoms with Gasteiger partial charge in [0.05, 0.1) is 0 Å². The maximum Gasteiger partial charge on any atom is 0.126 e. The molecule has 0 aliphatic heterocycles. The molecule has 0 radical (unpaired) electrons. The molecule has 1 aliphatic rings. The molecule has 1 aliphatic carbocycles. The van der Waals surface area contributed by atoms with E-state index in [1.54, 1.807) is 0 Å². The molecule has 0 aromatic heterocycles. The number of hydrogen-bond donors (Lipinski definition) is 0. The van der Waals surface area contributed by atoms with Gasteiger partial charge in [0.15, 0.2) is 0 Å². The zero-order valence-corrected chi connectivity index (χ0v) is 9.26. The Labute approximate surface area is 95.0 Å². The second-order valence-corrected chi connectivity index (χ2v) is 4.55. The summed E-state index contributed by atoms with van der Waals surface area (Å²) >= 11 is 0. The Balaban J connectivity index is 2.10. The van der Waals surface area contributed by atoms with Gasteiger partial charge in [-0.05, 0) is 55.2 Å². The van der Waals surface area contributed by atoms with E-state index in [1.807, 2.05) is 6.08 Å². The predicted octanol–water partition coefficient (Wildman–Crippen LogP) is 4.42. The second kappa shape index (κ2) is 4.77. The molecule has 0 bridgehead atoms. The molecule has 0 saturated heterocycles. The number of benzene rings is 1. The van der Waals surface area contributed by atoms with Crippen molar-refractivity contribution in [2.75, 3.05) is 0 Å². The number of halogens is 2. The summed E-state index contributed by atoms with van der Waals surface area (Å²) in [6.45, 7) is 3.79. The van der Waals surface area contributed by atoms with Crippen molar-refractivity contribution in [3.63, 3.8) is 0 Å². The highest BCUT2D eigenvalue weighted by atomic mass is 19.1. The van der Waals surface area contributed by atoms with Gasteiger partial charge in [-0.2, -0.15) is 0 Å². The Bertz CT molecular complexity index is 356. The molecule has 1 saturated carbocycles. The quantitative estimate of drug-likeness (QED) is 0.649. The molecule has 86 valence electrons. The first kappa shape index (κ1) is 11.3. The Morgan fingerprint density at radius 1 is 1.00 bits per heavy atom. The number of hydrogen-bond acceptors (Lipinski definition) is 0. The molecular weight excluding hydrogens is 206 g/mol. The van der Waals surface area contributed by atoms with Crippen LogP contribution in [0, 0.1) is 17.6 Å². The zero-order valence-electron chi connectivity index (χ0n) is 9.26. The van der Waals surface area contributed by atoms with Crippen molar-refractivity contribution < 1.29 is 8.78 Å². The first-order valence-corrected chi connectivity index (χ1v) is 5.77. The first-order valence-electron chi connectivity index (χ1n) is 5.77. The van der Waals surface area contributed by atoms with Gasteiger partial charge in [0.2, 0.25) is 0 Å². The summed E-state index contributed by atoms with van der Waals surface area (Å²) in [4.78, 5) is 0. The Morgan fingerprint density at radius 3 is 2.06 bits per heavy atom. The lowest BCUT2D eigenvalue weighted by molar-refractivity contribution is 0.374. The molecule has 0 heterocycles. The third-order valence-corrected chi connectivity index (χ3v) is 3.46. The van der Waals surface area contributed by atoms with Crippen LogP contribution in [-0.4, -0.2) is 0 Å². The van der Waals surface area contributed by atoms with Crippen LogP contribution >= 0.6 is 0 Å². The second-order valence-electron chi connectivity index (χ2n) is 4.55. The van der Waals surface area contributed by atoms with Crippen LogP contribution < -0.4 is 0 Å². The molecule has 0 atom stereocenters. The summed E-state index contributed by atoms with van der Waals surface area (Å²) in [7, 11) is 0. The van der Waals surface area contributed by atoms with E-state index in [0.29, 0.717) is 11.8 Å². The molecule has 0 N–H and O–H groups in total. The van der Waals surface area contributed by atoms with Crippen molar-refractivity contribution in [1.82, 2.24) is 0 Å². The summed E-state index contributed by atoms with van der Waals surface area (Å²) in [5.74, 6) is -0.0576. The fourth-order valence-electron chi connectivity index (χ4n) is 2.50. The predicted molar refractivity (Wildman–Crippen MR) is 61.3 cm³/mol. The van der Waals surface area contributed by atoms with Crippen LogP contribution in [0.25, 0.3) is 0 Å². The molecule has 2 rings (SSSR count). The fourth-order valence-corrected chi connectivity index (χ4v) is 2.50. The van der Waals surface area contributed by atoms with Crippen molar-refractivity contribution in [3.8, 4) is 0 Å². The average Bonchev–Trinajstić information content (AvgIpc) is 2.28. The van der Waals surface area contributed by atoms with Crippen molar-refractivity contribution in [2.24, 2.45) is 5.92 Å². The summed E-state index contributed by atoms with van der Waals surface area (Å²) < 4.78 is 26.1. The van der Waals surface area contributed by atoms with E-state index in [2.05, 4.69) is 6.58 Å². The van der Waals surface area contributed by atoms with Gasteiger partial charge < -0.3 is 0 Å². The monoisotopic (exact) mass is 222 g/mol.